The molecule has 48 heavy (non-hydrogen) atoms. The van der Waals surface area contributed by atoms with Crippen LogP contribution in [-0.4, -0.2) is 39.1 Å². The minimum atomic E-state index is -1.17. The van der Waals surface area contributed by atoms with Gasteiger partial charge in [-0.2, -0.15) is 0 Å². The van der Waals surface area contributed by atoms with Crippen molar-refractivity contribution in [1.82, 2.24) is 19.9 Å². The number of nitrogens with one attached hydrogen (secondary N) is 2. The number of methoxy groups -OCH3 is 1. The second-order valence-electron chi connectivity index (χ2n) is 12.2. The lowest BCUT2D eigenvalue weighted by molar-refractivity contribution is -0.146. The number of para-hydroxylation sites is 1. The van der Waals surface area contributed by atoms with Crippen LogP contribution in [0.2, 0.25) is 0 Å². The maximum atomic E-state index is 13.1. The van der Waals surface area contributed by atoms with Crippen molar-refractivity contribution in [2.75, 3.05) is 12.4 Å². The Morgan fingerprint density at radius 2 is 1.58 bits per heavy atom. The lowest BCUT2D eigenvalue weighted by atomic mass is 9.72. The number of nitrogens with two attached hydrogens (primary N) is 1. The molecular weight excluding hydrogens is 671 g/mol. The van der Waals surface area contributed by atoms with E-state index in [9.17, 15) is 9.59 Å². The van der Waals surface area contributed by atoms with Crippen LogP contribution in [0.4, 0.5) is 11.5 Å². The minimum absolute atomic E-state index is 0. The number of anilines is 2. The summed E-state index contributed by atoms with van der Waals surface area (Å²) in [5.74, 6) is 0.598. The van der Waals surface area contributed by atoms with E-state index in [1.165, 1.54) is 7.11 Å². The molecule has 2 aliphatic rings. The molecule has 9 nitrogen and oxygen atoms in total. The van der Waals surface area contributed by atoms with Crippen molar-refractivity contribution in [3.63, 3.8) is 0 Å². The lowest BCUT2D eigenvalue weighted by Crippen LogP contribution is -2.50. The molecule has 0 bridgehead atoms. The van der Waals surface area contributed by atoms with Gasteiger partial charge in [-0.15, -0.1) is 37.2 Å². The molecule has 0 radical (unpaired) electrons. The highest BCUT2D eigenvalue weighted by Crippen LogP contribution is 2.45. The number of fused-ring (bicyclic) bond motifs is 5. The molecule has 0 unspecified atom stereocenters. The normalized spacial score (nSPS) is 13.6. The van der Waals surface area contributed by atoms with Crippen LogP contribution >= 0.6 is 37.2 Å². The molecule has 5 aromatic rings. The number of halogens is 3. The summed E-state index contributed by atoms with van der Waals surface area (Å²) in [6.45, 7) is 3.22. The summed E-state index contributed by atoms with van der Waals surface area (Å²) in [6, 6.07) is 27.8. The van der Waals surface area contributed by atoms with Gasteiger partial charge in [0.25, 0.3) is 5.91 Å². The van der Waals surface area contributed by atoms with Crippen molar-refractivity contribution >= 4 is 60.6 Å². The Morgan fingerprint density at radius 3 is 2.23 bits per heavy atom. The van der Waals surface area contributed by atoms with E-state index in [0.29, 0.717) is 5.56 Å². The number of hydrogen-bond acceptors (Lipinski definition) is 7. The third kappa shape index (κ3) is 6.26. The zero-order valence-corrected chi connectivity index (χ0v) is 29.1. The Morgan fingerprint density at radius 1 is 0.917 bits per heavy atom. The van der Waals surface area contributed by atoms with Crippen molar-refractivity contribution in [1.29, 1.82) is 0 Å². The van der Waals surface area contributed by atoms with Crippen molar-refractivity contribution in [3.05, 3.63) is 102 Å². The summed E-state index contributed by atoms with van der Waals surface area (Å²) < 4.78 is 7.00. The number of rotatable bonds is 6. The molecule has 2 aromatic heterocycles. The summed E-state index contributed by atoms with van der Waals surface area (Å²) in [5.41, 5.74) is 13.0. The number of esters is 1. The smallest absolute Gasteiger partial charge is 0.330 e. The SMILES string of the molecule is COC(=O)C(C)(C)NC(=O)c1ccc(-c2nc3n(c2-c2ccc(C4(N)CCC4)cc2)-c2cccnc2Nc2ccccc2-3)cc1.Cl.Cl.Cl. The fourth-order valence-corrected chi connectivity index (χ4v) is 6.14. The van der Waals surface area contributed by atoms with Gasteiger partial charge in [0, 0.05) is 34.0 Å². The first kappa shape index (κ1) is 36.4. The number of carbonyl (C=O) groups excluding carboxylic acids is 2. The molecule has 250 valence electrons. The first-order chi connectivity index (χ1) is 21.7. The molecule has 4 N–H and O–H groups in total. The van der Waals surface area contributed by atoms with Gasteiger partial charge in [0.2, 0.25) is 0 Å². The molecule has 0 saturated heterocycles. The van der Waals surface area contributed by atoms with Crippen molar-refractivity contribution in [2.24, 2.45) is 5.73 Å². The van der Waals surface area contributed by atoms with Crippen LogP contribution in [0.1, 0.15) is 49.0 Å². The topological polar surface area (TPSA) is 124 Å². The predicted molar refractivity (Wildman–Crippen MR) is 196 cm³/mol. The summed E-state index contributed by atoms with van der Waals surface area (Å²) in [5, 5.41) is 6.26. The first-order valence-corrected chi connectivity index (χ1v) is 15.0. The summed E-state index contributed by atoms with van der Waals surface area (Å²) >= 11 is 0. The van der Waals surface area contributed by atoms with E-state index in [1.54, 1.807) is 32.2 Å². The number of aromatic nitrogens is 3. The van der Waals surface area contributed by atoms with Crippen LogP contribution in [-0.2, 0) is 15.1 Å². The molecule has 0 spiro atoms. The third-order valence-corrected chi connectivity index (χ3v) is 8.85. The number of carbonyl (C=O) groups is 2. The Labute approximate surface area is 297 Å². The number of nitrogens with zero attached hydrogens (tertiary/aromatic N) is 3. The van der Waals surface area contributed by atoms with Gasteiger partial charge in [-0.25, -0.2) is 14.8 Å². The van der Waals surface area contributed by atoms with Crippen molar-refractivity contribution in [2.45, 2.75) is 44.2 Å². The van der Waals surface area contributed by atoms with Crippen molar-refractivity contribution in [3.8, 4) is 39.6 Å². The molecular formula is C36H37Cl3N6O3. The van der Waals surface area contributed by atoms with Gasteiger partial charge in [0.15, 0.2) is 5.82 Å². The second kappa shape index (κ2) is 14.0. The van der Waals surface area contributed by atoms with Crippen LogP contribution < -0.4 is 16.4 Å². The van der Waals surface area contributed by atoms with E-state index in [1.807, 2.05) is 42.5 Å². The molecule has 1 aliphatic carbocycles. The van der Waals surface area contributed by atoms with E-state index in [4.69, 9.17) is 15.5 Å². The fourth-order valence-electron chi connectivity index (χ4n) is 6.14. The van der Waals surface area contributed by atoms with Crippen LogP contribution in [0.25, 0.3) is 39.6 Å². The van der Waals surface area contributed by atoms with Gasteiger partial charge in [-0.05, 0) is 75.1 Å². The number of ether oxygens (including phenoxy) is 1. The number of pyridine rings is 1. The zero-order chi connectivity index (χ0) is 31.3. The molecule has 7 rings (SSSR count). The molecule has 0 atom stereocenters. The summed E-state index contributed by atoms with van der Waals surface area (Å²) in [4.78, 5) is 35.2. The quantitative estimate of drug-likeness (QED) is 0.152. The van der Waals surface area contributed by atoms with Gasteiger partial charge in [-0.3, -0.25) is 9.36 Å². The first-order valence-electron chi connectivity index (χ1n) is 15.0. The Hall–Kier alpha value is -4.41. The van der Waals surface area contributed by atoms with E-state index in [-0.39, 0.29) is 48.7 Å². The molecule has 3 heterocycles. The van der Waals surface area contributed by atoms with Gasteiger partial charge < -0.3 is 21.1 Å². The van der Waals surface area contributed by atoms with Crippen LogP contribution in [0, 0.1) is 0 Å². The molecule has 12 heteroatoms. The lowest BCUT2D eigenvalue weighted by Gasteiger charge is -2.38. The number of benzene rings is 3. The number of hydrogen-bond donors (Lipinski definition) is 3. The molecule has 1 amide bonds. The van der Waals surface area contributed by atoms with Gasteiger partial charge in [0.1, 0.15) is 11.4 Å². The van der Waals surface area contributed by atoms with E-state index < -0.39 is 11.5 Å². The minimum Gasteiger partial charge on any atom is -0.467 e. The highest BCUT2D eigenvalue weighted by molar-refractivity contribution is 5.98. The third-order valence-electron chi connectivity index (χ3n) is 8.85. The maximum absolute atomic E-state index is 13.1. The zero-order valence-electron chi connectivity index (χ0n) is 26.7. The average Bonchev–Trinajstić information content (AvgIpc) is 3.37. The molecule has 1 aliphatic heterocycles. The van der Waals surface area contributed by atoms with Gasteiger partial charge in [-0.1, -0.05) is 48.5 Å². The van der Waals surface area contributed by atoms with E-state index in [0.717, 1.165) is 75.9 Å². The summed E-state index contributed by atoms with van der Waals surface area (Å²) in [6.07, 6.45) is 4.88. The standard InChI is InChI=1S/C36H34N6O3.3ClH/c1-35(2,34(44)45-3)41-33(43)24-13-11-22(12-14-24)29-30(23-15-17-25(18-16-23)36(37)19-7-20-36)42-28-10-6-21-38-31(28)39-27-9-5-4-8-26(27)32(42)40-29;;;/h4-6,8-18,21H,7,19-20,37H2,1-3H3,(H,38,39)(H,41,43);3*1H. The molecule has 3 aromatic carbocycles. The number of imidazole rings is 1. The second-order valence-corrected chi connectivity index (χ2v) is 12.2. The van der Waals surface area contributed by atoms with E-state index >= 15 is 0 Å². The van der Waals surface area contributed by atoms with Gasteiger partial charge >= 0.3 is 5.97 Å². The fraction of sp³-hybridized carbons (Fsp3) is 0.222. The monoisotopic (exact) mass is 706 g/mol. The summed E-state index contributed by atoms with van der Waals surface area (Å²) in [7, 11) is 1.30. The average molecular weight is 708 g/mol. The van der Waals surface area contributed by atoms with Crippen molar-refractivity contribution < 1.29 is 14.3 Å². The largest absolute Gasteiger partial charge is 0.467 e. The van der Waals surface area contributed by atoms with E-state index in [2.05, 4.69) is 50.5 Å². The molecule has 1 saturated carbocycles. The Bertz CT molecular complexity index is 1960. The predicted octanol–water partition coefficient (Wildman–Crippen LogP) is 7.61. The van der Waals surface area contributed by atoms with Crippen LogP contribution in [0.3, 0.4) is 0 Å². The maximum Gasteiger partial charge on any atom is 0.330 e. The molecule has 1 fully saturated rings. The Balaban J connectivity index is 0.00000173. The van der Waals surface area contributed by atoms with Gasteiger partial charge in [0.05, 0.1) is 29.9 Å². The van der Waals surface area contributed by atoms with Crippen LogP contribution in [0.5, 0.6) is 0 Å². The highest BCUT2D eigenvalue weighted by Gasteiger charge is 2.35. The van der Waals surface area contributed by atoms with Crippen LogP contribution in [0.15, 0.2) is 91.1 Å². The number of amides is 1. The highest BCUT2D eigenvalue weighted by atomic mass is 35.5. The Kier molecular flexibility index (Phi) is 10.6.